The highest BCUT2D eigenvalue weighted by Gasteiger charge is 2.03. The highest BCUT2D eigenvalue weighted by Crippen LogP contribution is 2.25. The lowest BCUT2D eigenvalue weighted by atomic mass is 10.2. The van der Waals surface area contributed by atoms with Crippen LogP contribution in [0, 0.1) is 0 Å². The summed E-state index contributed by atoms with van der Waals surface area (Å²) in [4.78, 5) is 0. The molecule has 5 heteroatoms. The number of rotatable bonds is 1. The molecule has 1 aromatic heterocycles. The maximum atomic E-state index is 5.84. The Kier molecular flexibility index (Phi) is 3.50. The second kappa shape index (κ2) is 4.24. The summed E-state index contributed by atoms with van der Waals surface area (Å²) in [7, 11) is 0. The molecule has 1 heterocycles. The SMILES string of the molecule is Cl.NCc1nsc2ccc(Cl)cc12. The third-order valence-corrected chi connectivity index (χ3v) is 2.80. The van der Waals surface area contributed by atoms with Gasteiger partial charge in [-0.05, 0) is 29.7 Å². The smallest absolute Gasteiger partial charge is 0.0757 e. The van der Waals surface area contributed by atoms with Crippen LogP contribution in [0.3, 0.4) is 0 Å². The zero-order valence-corrected chi connectivity index (χ0v) is 9.05. The second-order valence-electron chi connectivity index (χ2n) is 2.47. The molecule has 0 atom stereocenters. The molecule has 2 aromatic rings. The fourth-order valence-electron chi connectivity index (χ4n) is 1.11. The number of hydrogen-bond donors (Lipinski definition) is 1. The first-order valence-electron chi connectivity index (χ1n) is 3.55. The second-order valence-corrected chi connectivity index (χ2v) is 3.72. The van der Waals surface area contributed by atoms with Gasteiger partial charge >= 0.3 is 0 Å². The van der Waals surface area contributed by atoms with Crippen LogP contribution in [-0.4, -0.2) is 4.37 Å². The fourth-order valence-corrected chi connectivity index (χ4v) is 2.07. The molecule has 0 aliphatic heterocycles. The summed E-state index contributed by atoms with van der Waals surface area (Å²) in [5.41, 5.74) is 6.44. The van der Waals surface area contributed by atoms with Crippen LogP contribution in [-0.2, 0) is 6.54 Å². The normalized spacial score (nSPS) is 10.0. The monoisotopic (exact) mass is 234 g/mol. The van der Waals surface area contributed by atoms with Gasteiger partial charge in [0.1, 0.15) is 0 Å². The molecule has 0 saturated carbocycles. The van der Waals surface area contributed by atoms with Crippen LogP contribution in [0.5, 0.6) is 0 Å². The Hall–Kier alpha value is -0.350. The summed E-state index contributed by atoms with van der Waals surface area (Å²) in [6.45, 7) is 0.473. The van der Waals surface area contributed by atoms with Crippen molar-refractivity contribution in [2.24, 2.45) is 5.73 Å². The van der Waals surface area contributed by atoms with Crippen LogP contribution in [0.2, 0.25) is 5.02 Å². The van der Waals surface area contributed by atoms with Crippen molar-refractivity contribution in [2.75, 3.05) is 0 Å². The van der Waals surface area contributed by atoms with Gasteiger partial charge in [0.05, 0.1) is 10.4 Å². The molecule has 0 unspecified atom stereocenters. The Labute approximate surface area is 91.3 Å². The van der Waals surface area contributed by atoms with Gasteiger partial charge in [-0.3, -0.25) is 0 Å². The molecule has 0 saturated heterocycles. The summed E-state index contributed by atoms with van der Waals surface area (Å²) >= 11 is 7.30. The van der Waals surface area contributed by atoms with E-state index in [0.29, 0.717) is 6.54 Å². The Bertz CT molecular complexity index is 413. The van der Waals surface area contributed by atoms with E-state index in [2.05, 4.69) is 4.37 Å². The van der Waals surface area contributed by atoms with Crippen molar-refractivity contribution < 1.29 is 0 Å². The van der Waals surface area contributed by atoms with E-state index in [-0.39, 0.29) is 12.4 Å². The average molecular weight is 235 g/mol. The van der Waals surface area contributed by atoms with E-state index in [1.165, 1.54) is 11.5 Å². The zero-order valence-electron chi connectivity index (χ0n) is 6.66. The summed E-state index contributed by atoms with van der Waals surface area (Å²) in [6.07, 6.45) is 0. The lowest BCUT2D eigenvalue weighted by molar-refractivity contribution is 1.04. The topological polar surface area (TPSA) is 38.9 Å². The van der Waals surface area contributed by atoms with Gasteiger partial charge in [-0.2, -0.15) is 4.37 Å². The van der Waals surface area contributed by atoms with Crippen molar-refractivity contribution in [3.05, 3.63) is 28.9 Å². The van der Waals surface area contributed by atoms with Gasteiger partial charge in [-0.15, -0.1) is 12.4 Å². The van der Waals surface area contributed by atoms with Crippen LogP contribution < -0.4 is 5.73 Å². The summed E-state index contributed by atoms with van der Waals surface area (Å²) < 4.78 is 5.35. The number of benzene rings is 1. The van der Waals surface area contributed by atoms with E-state index < -0.39 is 0 Å². The lowest BCUT2D eigenvalue weighted by Crippen LogP contribution is -1.95. The molecule has 0 radical (unpaired) electrons. The van der Waals surface area contributed by atoms with Crippen molar-refractivity contribution in [1.82, 2.24) is 4.37 Å². The lowest BCUT2D eigenvalue weighted by Gasteiger charge is -1.92. The largest absolute Gasteiger partial charge is 0.325 e. The van der Waals surface area contributed by atoms with Crippen molar-refractivity contribution in [3.8, 4) is 0 Å². The minimum atomic E-state index is 0. The maximum Gasteiger partial charge on any atom is 0.0757 e. The number of nitrogens with zero attached hydrogens (tertiary/aromatic N) is 1. The fraction of sp³-hybridized carbons (Fsp3) is 0.125. The van der Waals surface area contributed by atoms with E-state index in [1.54, 1.807) is 0 Å². The van der Waals surface area contributed by atoms with Gasteiger partial charge in [-0.1, -0.05) is 11.6 Å². The van der Waals surface area contributed by atoms with Gasteiger partial charge in [0, 0.05) is 17.0 Å². The number of aromatic nitrogens is 1. The molecule has 2 N–H and O–H groups in total. The minimum absolute atomic E-state index is 0. The van der Waals surface area contributed by atoms with E-state index in [1.807, 2.05) is 18.2 Å². The number of hydrogen-bond acceptors (Lipinski definition) is 3. The number of halogens is 2. The molecular formula is C8H8Cl2N2S. The van der Waals surface area contributed by atoms with E-state index in [9.17, 15) is 0 Å². The van der Waals surface area contributed by atoms with Crippen molar-refractivity contribution in [2.45, 2.75) is 6.54 Å². The van der Waals surface area contributed by atoms with Crippen LogP contribution in [0.4, 0.5) is 0 Å². The molecule has 0 spiro atoms. The zero-order chi connectivity index (χ0) is 8.55. The van der Waals surface area contributed by atoms with Gasteiger partial charge in [0.25, 0.3) is 0 Å². The Morgan fingerprint density at radius 2 is 2.23 bits per heavy atom. The number of fused-ring (bicyclic) bond motifs is 1. The van der Waals surface area contributed by atoms with Crippen molar-refractivity contribution >= 4 is 45.6 Å². The molecule has 0 amide bonds. The van der Waals surface area contributed by atoms with E-state index in [4.69, 9.17) is 17.3 Å². The summed E-state index contributed by atoms with van der Waals surface area (Å²) in [6, 6.07) is 5.74. The molecule has 13 heavy (non-hydrogen) atoms. The molecule has 0 aliphatic carbocycles. The van der Waals surface area contributed by atoms with Crippen LogP contribution >= 0.6 is 35.5 Å². The molecule has 2 nitrogen and oxygen atoms in total. The minimum Gasteiger partial charge on any atom is -0.325 e. The van der Waals surface area contributed by atoms with Crippen molar-refractivity contribution in [3.63, 3.8) is 0 Å². The summed E-state index contributed by atoms with van der Waals surface area (Å²) in [5, 5.41) is 1.81. The first-order valence-corrected chi connectivity index (χ1v) is 4.70. The highest BCUT2D eigenvalue weighted by atomic mass is 35.5. The maximum absolute atomic E-state index is 5.84. The Morgan fingerprint density at radius 3 is 2.92 bits per heavy atom. The van der Waals surface area contributed by atoms with E-state index in [0.717, 1.165) is 20.8 Å². The molecular weight excluding hydrogens is 227 g/mol. The predicted octanol–water partition coefficient (Wildman–Crippen LogP) is 2.83. The van der Waals surface area contributed by atoms with Crippen molar-refractivity contribution in [1.29, 1.82) is 0 Å². The Balaban J connectivity index is 0.000000845. The predicted molar refractivity (Wildman–Crippen MR) is 59.8 cm³/mol. The molecule has 0 fully saturated rings. The van der Waals surface area contributed by atoms with Crippen LogP contribution in [0.1, 0.15) is 5.69 Å². The number of nitrogens with two attached hydrogens (primary N) is 1. The first kappa shape index (κ1) is 10.7. The van der Waals surface area contributed by atoms with Gasteiger partial charge in [-0.25, -0.2) is 0 Å². The molecule has 1 aromatic carbocycles. The molecule has 70 valence electrons. The highest BCUT2D eigenvalue weighted by molar-refractivity contribution is 7.13. The molecule has 0 bridgehead atoms. The molecule has 2 rings (SSSR count). The standard InChI is InChI=1S/C8H7ClN2S.ClH/c9-5-1-2-8-6(3-5)7(4-10)11-12-8;/h1-3H,4,10H2;1H. The quantitative estimate of drug-likeness (QED) is 0.825. The first-order chi connectivity index (χ1) is 5.81. The van der Waals surface area contributed by atoms with Crippen LogP contribution in [0.25, 0.3) is 10.1 Å². The third-order valence-electron chi connectivity index (χ3n) is 1.70. The Morgan fingerprint density at radius 1 is 1.46 bits per heavy atom. The molecule has 0 aliphatic rings. The van der Waals surface area contributed by atoms with E-state index >= 15 is 0 Å². The van der Waals surface area contributed by atoms with Gasteiger partial charge < -0.3 is 5.73 Å². The summed E-state index contributed by atoms with van der Waals surface area (Å²) in [5.74, 6) is 0. The van der Waals surface area contributed by atoms with Gasteiger partial charge in [0.2, 0.25) is 0 Å². The van der Waals surface area contributed by atoms with Gasteiger partial charge in [0.15, 0.2) is 0 Å². The third kappa shape index (κ3) is 1.94. The average Bonchev–Trinajstić information content (AvgIpc) is 2.46. The van der Waals surface area contributed by atoms with Crippen LogP contribution in [0.15, 0.2) is 18.2 Å².